The molecule has 0 fully saturated rings. The van der Waals surface area contributed by atoms with Gasteiger partial charge in [-0.25, -0.2) is 0 Å². The third-order valence-electron chi connectivity index (χ3n) is 4.62. The minimum Gasteiger partial charge on any atom is -0.497 e. The quantitative estimate of drug-likeness (QED) is 0.610. The molecule has 0 radical (unpaired) electrons. The van der Waals surface area contributed by atoms with E-state index in [0.29, 0.717) is 22.7 Å². The molecule has 1 N–H and O–H groups in total. The number of methoxy groups -OCH3 is 2. The summed E-state index contributed by atoms with van der Waals surface area (Å²) in [5, 5.41) is 2.71. The standard InChI is InChI=1S/C22H25NO4/c1-13-9-14(2)16(4)22(15(13)3)20(24)7-8-21(25)23-17-10-18(26-5)12-19(11-17)27-6/h7-12H,1-6H3,(H,23,25)/b8-7+. The molecule has 0 saturated carbocycles. The molecular weight excluding hydrogens is 342 g/mol. The molecule has 0 heterocycles. The molecule has 0 bridgehead atoms. The fourth-order valence-electron chi connectivity index (χ4n) is 2.88. The van der Waals surface area contributed by atoms with Crippen LogP contribution in [-0.4, -0.2) is 25.9 Å². The molecule has 27 heavy (non-hydrogen) atoms. The van der Waals surface area contributed by atoms with E-state index in [2.05, 4.69) is 11.4 Å². The Balaban J connectivity index is 2.19. The van der Waals surface area contributed by atoms with Gasteiger partial charge in [-0.3, -0.25) is 9.59 Å². The molecule has 5 nitrogen and oxygen atoms in total. The first-order valence-corrected chi connectivity index (χ1v) is 8.60. The summed E-state index contributed by atoms with van der Waals surface area (Å²) in [6.45, 7) is 7.80. The Morgan fingerprint density at radius 1 is 0.815 bits per heavy atom. The van der Waals surface area contributed by atoms with Crippen LogP contribution in [0.2, 0.25) is 0 Å². The van der Waals surface area contributed by atoms with E-state index in [4.69, 9.17) is 9.47 Å². The molecule has 1 amide bonds. The van der Waals surface area contributed by atoms with Crippen molar-refractivity contribution in [1.29, 1.82) is 0 Å². The van der Waals surface area contributed by atoms with Crippen molar-refractivity contribution in [2.75, 3.05) is 19.5 Å². The third-order valence-corrected chi connectivity index (χ3v) is 4.62. The van der Waals surface area contributed by atoms with Crippen molar-refractivity contribution < 1.29 is 19.1 Å². The van der Waals surface area contributed by atoms with Gasteiger partial charge in [0.25, 0.3) is 0 Å². The molecule has 0 aliphatic heterocycles. The van der Waals surface area contributed by atoms with E-state index < -0.39 is 5.91 Å². The number of ketones is 1. The van der Waals surface area contributed by atoms with E-state index in [9.17, 15) is 9.59 Å². The number of hydrogen-bond donors (Lipinski definition) is 1. The Morgan fingerprint density at radius 2 is 1.33 bits per heavy atom. The smallest absolute Gasteiger partial charge is 0.248 e. The van der Waals surface area contributed by atoms with Crippen LogP contribution in [-0.2, 0) is 4.79 Å². The predicted molar refractivity (Wildman–Crippen MR) is 107 cm³/mol. The number of carbonyl (C=O) groups is 2. The van der Waals surface area contributed by atoms with E-state index in [1.165, 1.54) is 26.4 Å². The van der Waals surface area contributed by atoms with Crippen LogP contribution in [0.3, 0.4) is 0 Å². The molecule has 0 aliphatic rings. The van der Waals surface area contributed by atoms with Gasteiger partial charge in [0, 0.05) is 35.5 Å². The maximum Gasteiger partial charge on any atom is 0.248 e. The molecule has 2 aromatic carbocycles. The molecular formula is C22H25NO4. The molecule has 0 saturated heterocycles. The van der Waals surface area contributed by atoms with Gasteiger partial charge in [0.2, 0.25) is 5.91 Å². The van der Waals surface area contributed by atoms with Crippen LogP contribution in [0.1, 0.15) is 32.6 Å². The summed E-state index contributed by atoms with van der Waals surface area (Å²) < 4.78 is 10.4. The first-order chi connectivity index (χ1) is 12.8. The summed E-state index contributed by atoms with van der Waals surface area (Å²) in [7, 11) is 3.07. The molecule has 2 rings (SSSR count). The van der Waals surface area contributed by atoms with Gasteiger partial charge >= 0.3 is 0 Å². The Morgan fingerprint density at radius 3 is 1.81 bits per heavy atom. The van der Waals surface area contributed by atoms with Crippen molar-refractivity contribution in [2.45, 2.75) is 27.7 Å². The second-order valence-electron chi connectivity index (χ2n) is 6.42. The molecule has 0 spiro atoms. The van der Waals surface area contributed by atoms with Gasteiger partial charge < -0.3 is 14.8 Å². The lowest BCUT2D eigenvalue weighted by molar-refractivity contribution is -0.111. The normalized spacial score (nSPS) is 10.7. The predicted octanol–water partition coefficient (Wildman–Crippen LogP) is 4.32. The summed E-state index contributed by atoms with van der Waals surface area (Å²) >= 11 is 0. The number of nitrogens with one attached hydrogen (secondary N) is 1. The molecule has 0 unspecified atom stereocenters. The Bertz CT molecular complexity index is 865. The van der Waals surface area contributed by atoms with Crippen molar-refractivity contribution in [2.24, 2.45) is 0 Å². The number of rotatable bonds is 6. The summed E-state index contributed by atoms with van der Waals surface area (Å²) in [5.74, 6) is 0.533. The third kappa shape index (κ3) is 4.76. The summed E-state index contributed by atoms with van der Waals surface area (Å²) in [4.78, 5) is 24.9. The van der Waals surface area contributed by atoms with Crippen LogP contribution in [0.4, 0.5) is 5.69 Å². The number of aryl methyl sites for hydroxylation is 2. The van der Waals surface area contributed by atoms with E-state index in [1.807, 2.05) is 27.7 Å². The SMILES string of the molecule is COc1cc(NC(=O)/C=C/C(=O)c2c(C)c(C)cc(C)c2C)cc(OC)c1. The number of carbonyl (C=O) groups excluding carboxylic acids is 2. The van der Waals surface area contributed by atoms with Crippen LogP contribution in [0, 0.1) is 27.7 Å². The van der Waals surface area contributed by atoms with E-state index in [0.717, 1.165) is 22.3 Å². The number of allylic oxidation sites excluding steroid dienone is 1. The average Bonchev–Trinajstić information content (AvgIpc) is 2.64. The molecule has 5 heteroatoms. The summed E-state index contributed by atoms with van der Waals surface area (Å²) in [6, 6.07) is 7.12. The Kier molecular flexibility index (Phi) is 6.40. The maximum atomic E-state index is 12.6. The number of anilines is 1. The highest BCUT2D eigenvalue weighted by atomic mass is 16.5. The number of amides is 1. The van der Waals surface area contributed by atoms with Crippen LogP contribution in [0.25, 0.3) is 0 Å². The first-order valence-electron chi connectivity index (χ1n) is 8.60. The van der Waals surface area contributed by atoms with Crippen molar-refractivity contribution in [1.82, 2.24) is 0 Å². The topological polar surface area (TPSA) is 64.6 Å². The van der Waals surface area contributed by atoms with Crippen molar-refractivity contribution in [3.63, 3.8) is 0 Å². The zero-order valence-electron chi connectivity index (χ0n) is 16.6. The second kappa shape index (κ2) is 8.54. The highest BCUT2D eigenvalue weighted by Crippen LogP contribution is 2.26. The maximum absolute atomic E-state index is 12.6. The summed E-state index contributed by atoms with van der Waals surface area (Å²) in [6.07, 6.45) is 2.55. The van der Waals surface area contributed by atoms with E-state index in [-0.39, 0.29) is 5.78 Å². The Hall–Kier alpha value is -3.08. The highest BCUT2D eigenvalue weighted by molar-refractivity contribution is 6.11. The van der Waals surface area contributed by atoms with Gasteiger partial charge in [-0.15, -0.1) is 0 Å². The zero-order valence-corrected chi connectivity index (χ0v) is 16.6. The monoisotopic (exact) mass is 367 g/mol. The van der Waals surface area contributed by atoms with Gasteiger partial charge in [0.1, 0.15) is 11.5 Å². The first kappa shape index (κ1) is 20.2. The zero-order chi connectivity index (χ0) is 20.1. The van der Waals surface area contributed by atoms with Crippen LogP contribution < -0.4 is 14.8 Å². The minimum absolute atomic E-state index is 0.185. The fourth-order valence-corrected chi connectivity index (χ4v) is 2.88. The van der Waals surface area contributed by atoms with Crippen molar-refractivity contribution in [3.05, 3.63) is 64.2 Å². The molecule has 0 aromatic heterocycles. The van der Waals surface area contributed by atoms with Crippen LogP contribution in [0.5, 0.6) is 11.5 Å². The molecule has 0 atom stereocenters. The lowest BCUT2D eigenvalue weighted by Gasteiger charge is -2.12. The molecule has 0 aliphatic carbocycles. The average molecular weight is 367 g/mol. The van der Waals surface area contributed by atoms with Crippen molar-refractivity contribution in [3.8, 4) is 11.5 Å². The molecule has 142 valence electrons. The summed E-state index contributed by atoms with van der Waals surface area (Å²) in [5.41, 5.74) is 5.16. The van der Waals surface area contributed by atoms with E-state index >= 15 is 0 Å². The minimum atomic E-state index is -0.404. The van der Waals surface area contributed by atoms with Crippen LogP contribution >= 0.6 is 0 Å². The highest BCUT2D eigenvalue weighted by Gasteiger charge is 2.14. The van der Waals surface area contributed by atoms with Gasteiger partial charge in [0.15, 0.2) is 5.78 Å². The Labute approximate surface area is 160 Å². The van der Waals surface area contributed by atoms with Gasteiger partial charge in [0.05, 0.1) is 14.2 Å². The van der Waals surface area contributed by atoms with Gasteiger partial charge in [-0.2, -0.15) is 0 Å². The van der Waals surface area contributed by atoms with E-state index in [1.54, 1.807) is 18.2 Å². The van der Waals surface area contributed by atoms with Crippen molar-refractivity contribution >= 4 is 17.4 Å². The van der Waals surface area contributed by atoms with Gasteiger partial charge in [-0.05, 0) is 56.0 Å². The second-order valence-corrected chi connectivity index (χ2v) is 6.42. The lowest BCUT2D eigenvalue weighted by Crippen LogP contribution is -2.10. The number of benzene rings is 2. The van der Waals surface area contributed by atoms with Crippen LogP contribution in [0.15, 0.2) is 36.4 Å². The molecule has 2 aromatic rings. The largest absolute Gasteiger partial charge is 0.497 e. The fraction of sp³-hybridized carbons (Fsp3) is 0.273. The number of ether oxygens (including phenoxy) is 2. The van der Waals surface area contributed by atoms with Gasteiger partial charge in [-0.1, -0.05) is 6.07 Å². The lowest BCUT2D eigenvalue weighted by atomic mass is 9.91. The number of hydrogen-bond acceptors (Lipinski definition) is 4.